The Labute approximate surface area is 139 Å². The molecule has 0 amide bonds. The molecule has 116 valence electrons. The number of aromatic nitrogens is 1. The van der Waals surface area contributed by atoms with Gasteiger partial charge in [-0.3, -0.25) is 4.98 Å². The molecule has 1 heteroatoms. The zero-order valence-electron chi connectivity index (χ0n) is 14.3. The molecule has 0 aliphatic heterocycles. The lowest BCUT2D eigenvalue weighted by Crippen LogP contribution is -2.11. The summed E-state index contributed by atoms with van der Waals surface area (Å²) in [4.78, 5) is 4.71. The highest BCUT2D eigenvalue weighted by Gasteiger charge is 2.14. The van der Waals surface area contributed by atoms with Crippen LogP contribution in [-0.2, 0) is 5.41 Å². The molecule has 0 N–H and O–H groups in total. The van der Waals surface area contributed by atoms with Crippen LogP contribution >= 0.6 is 0 Å². The summed E-state index contributed by atoms with van der Waals surface area (Å²) in [6, 6.07) is 21.4. The molecule has 0 bridgehead atoms. The van der Waals surface area contributed by atoms with E-state index >= 15 is 0 Å². The SMILES string of the molecule is Cc1ccc(-c2ccccc2)cc1-c1ccc(C(C)(C)C)cn1. The van der Waals surface area contributed by atoms with Crippen LogP contribution in [0.1, 0.15) is 31.9 Å². The second kappa shape index (κ2) is 6.00. The van der Waals surface area contributed by atoms with Crippen LogP contribution in [-0.4, -0.2) is 4.98 Å². The van der Waals surface area contributed by atoms with E-state index < -0.39 is 0 Å². The largest absolute Gasteiger partial charge is 0.256 e. The average molecular weight is 301 g/mol. The van der Waals surface area contributed by atoms with Gasteiger partial charge in [0.25, 0.3) is 0 Å². The van der Waals surface area contributed by atoms with Gasteiger partial charge in [-0.25, -0.2) is 0 Å². The molecule has 0 atom stereocenters. The van der Waals surface area contributed by atoms with E-state index in [4.69, 9.17) is 4.98 Å². The predicted molar refractivity (Wildman–Crippen MR) is 98.5 cm³/mol. The van der Waals surface area contributed by atoms with Crippen LogP contribution in [0.5, 0.6) is 0 Å². The number of hydrogen-bond donors (Lipinski definition) is 0. The van der Waals surface area contributed by atoms with Crippen LogP contribution < -0.4 is 0 Å². The van der Waals surface area contributed by atoms with Crippen LogP contribution in [0.4, 0.5) is 0 Å². The fourth-order valence-electron chi connectivity index (χ4n) is 2.70. The predicted octanol–water partition coefficient (Wildman–Crippen LogP) is 6.02. The van der Waals surface area contributed by atoms with Gasteiger partial charge < -0.3 is 0 Å². The van der Waals surface area contributed by atoms with Crippen molar-refractivity contribution in [1.29, 1.82) is 0 Å². The average Bonchev–Trinajstić information content (AvgIpc) is 2.55. The third-order valence-corrected chi connectivity index (χ3v) is 4.25. The monoisotopic (exact) mass is 301 g/mol. The van der Waals surface area contributed by atoms with Gasteiger partial charge in [-0.1, -0.05) is 69.3 Å². The van der Waals surface area contributed by atoms with Crippen molar-refractivity contribution in [2.24, 2.45) is 0 Å². The number of pyridine rings is 1. The Morgan fingerprint density at radius 1 is 0.783 bits per heavy atom. The zero-order chi connectivity index (χ0) is 16.4. The van der Waals surface area contributed by atoms with E-state index in [0.29, 0.717) is 0 Å². The van der Waals surface area contributed by atoms with Gasteiger partial charge in [0, 0.05) is 11.8 Å². The quantitative estimate of drug-likeness (QED) is 0.564. The maximum absolute atomic E-state index is 4.71. The summed E-state index contributed by atoms with van der Waals surface area (Å²) in [7, 11) is 0. The van der Waals surface area contributed by atoms with Crippen LogP contribution in [0.15, 0.2) is 66.9 Å². The number of hydrogen-bond acceptors (Lipinski definition) is 1. The molecule has 0 saturated heterocycles. The first kappa shape index (κ1) is 15.5. The van der Waals surface area contributed by atoms with E-state index in [1.54, 1.807) is 0 Å². The fraction of sp³-hybridized carbons (Fsp3) is 0.227. The molecule has 3 aromatic rings. The van der Waals surface area contributed by atoms with Gasteiger partial charge in [0.15, 0.2) is 0 Å². The van der Waals surface area contributed by atoms with Gasteiger partial charge in [0.1, 0.15) is 0 Å². The van der Waals surface area contributed by atoms with Crippen molar-refractivity contribution < 1.29 is 0 Å². The van der Waals surface area contributed by atoms with Crippen molar-refractivity contribution in [2.45, 2.75) is 33.1 Å². The lowest BCUT2D eigenvalue weighted by Gasteiger charge is -2.18. The minimum absolute atomic E-state index is 0.131. The Balaban J connectivity index is 2.03. The smallest absolute Gasteiger partial charge is 0.0705 e. The molecule has 1 heterocycles. The molecule has 3 rings (SSSR count). The summed E-state index contributed by atoms with van der Waals surface area (Å²) >= 11 is 0. The minimum atomic E-state index is 0.131. The van der Waals surface area contributed by atoms with Crippen LogP contribution in [0.25, 0.3) is 22.4 Å². The highest BCUT2D eigenvalue weighted by Crippen LogP contribution is 2.29. The molecule has 1 nitrogen and oxygen atoms in total. The molecule has 0 fully saturated rings. The summed E-state index contributed by atoms with van der Waals surface area (Å²) in [6.45, 7) is 8.78. The highest BCUT2D eigenvalue weighted by molar-refractivity contribution is 5.73. The second-order valence-corrected chi connectivity index (χ2v) is 7.08. The second-order valence-electron chi connectivity index (χ2n) is 7.08. The molecular formula is C22H23N. The Bertz CT molecular complexity index is 794. The fourth-order valence-corrected chi connectivity index (χ4v) is 2.70. The van der Waals surface area contributed by atoms with E-state index in [0.717, 1.165) is 5.69 Å². The number of nitrogens with zero attached hydrogens (tertiary/aromatic N) is 1. The maximum atomic E-state index is 4.71. The Hall–Kier alpha value is -2.41. The third kappa shape index (κ3) is 3.34. The topological polar surface area (TPSA) is 12.9 Å². The first-order valence-electron chi connectivity index (χ1n) is 8.08. The Morgan fingerprint density at radius 2 is 1.52 bits per heavy atom. The van der Waals surface area contributed by atoms with Crippen molar-refractivity contribution >= 4 is 0 Å². The van der Waals surface area contributed by atoms with Gasteiger partial charge in [-0.2, -0.15) is 0 Å². The molecule has 1 aromatic heterocycles. The summed E-state index contributed by atoms with van der Waals surface area (Å²) < 4.78 is 0. The number of benzene rings is 2. The first-order chi connectivity index (χ1) is 10.9. The molecule has 0 aliphatic carbocycles. The summed E-state index contributed by atoms with van der Waals surface area (Å²) in [5.74, 6) is 0. The normalized spacial score (nSPS) is 11.5. The zero-order valence-corrected chi connectivity index (χ0v) is 14.3. The van der Waals surface area contributed by atoms with E-state index in [1.807, 2.05) is 12.3 Å². The first-order valence-corrected chi connectivity index (χ1v) is 8.08. The van der Waals surface area contributed by atoms with Crippen LogP contribution in [0, 0.1) is 6.92 Å². The van der Waals surface area contributed by atoms with Crippen molar-refractivity contribution in [3.8, 4) is 22.4 Å². The Kier molecular flexibility index (Phi) is 4.04. The third-order valence-electron chi connectivity index (χ3n) is 4.25. The van der Waals surface area contributed by atoms with E-state index in [2.05, 4.69) is 82.3 Å². The molecule has 0 radical (unpaired) electrons. The molecular weight excluding hydrogens is 278 g/mol. The molecule has 0 aliphatic rings. The standard InChI is InChI=1S/C22H23N/c1-16-10-11-18(17-8-6-5-7-9-17)14-20(16)21-13-12-19(15-23-21)22(2,3)4/h5-15H,1-4H3. The summed E-state index contributed by atoms with van der Waals surface area (Å²) in [5.41, 5.74) is 7.35. The minimum Gasteiger partial charge on any atom is -0.256 e. The molecule has 0 unspecified atom stereocenters. The van der Waals surface area contributed by atoms with E-state index in [-0.39, 0.29) is 5.41 Å². The summed E-state index contributed by atoms with van der Waals surface area (Å²) in [6.07, 6.45) is 2.00. The van der Waals surface area contributed by atoms with Gasteiger partial charge in [-0.05, 0) is 46.7 Å². The van der Waals surface area contributed by atoms with Gasteiger partial charge in [-0.15, -0.1) is 0 Å². The maximum Gasteiger partial charge on any atom is 0.0705 e. The van der Waals surface area contributed by atoms with Gasteiger partial charge in [0.2, 0.25) is 0 Å². The lowest BCUT2D eigenvalue weighted by molar-refractivity contribution is 0.587. The molecule has 2 aromatic carbocycles. The van der Waals surface area contributed by atoms with E-state index in [1.165, 1.54) is 27.8 Å². The number of rotatable bonds is 2. The van der Waals surface area contributed by atoms with E-state index in [9.17, 15) is 0 Å². The van der Waals surface area contributed by atoms with Gasteiger partial charge in [0.05, 0.1) is 5.69 Å². The molecule has 23 heavy (non-hydrogen) atoms. The Morgan fingerprint density at radius 3 is 2.13 bits per heavy atom. The lowest BCUT2D eigenvalue weighted by atomic mass is 9.88. The number of aryl methyl sites for hydroxylation is 1. The van der Waals surface area contributed by atoms with Crippen molar-refractivity contribution in [1.82, 2.24) is 4.98 Å². The van der Waals surface area contributed by atoms with Crippen molar-refractivity contribution in [3.63, 3.8) is 0 Å². The van der Waals surface area contributed by atoms with Crippen molar-refractivity contribution in [3.05, 3.63) is 78.0 Å². The van der Waals surface area contributed by atoms with Crippen LogP contribution in [0.3, 0.4) is 0 Å². The highest BCUT2D eigenvalue weighted by atomic mass is 14.7. The molecule has 0 spiro atoms. The summed E-state index contributed by atoms with van der Waals surface area (Å²) in [5, 5.41) is 0. The van der Waals surface area contributed by atoms with Crippen molar-refractivity contribution in [2.75, 3.05) is 0 Å². The molecule has 0 saturated carbocycles. The van der Waals surface area contributed by atoms with Crippen LogP contribution in [0.2, 0.25) is 0 Å². The van der Waals surface area contributed by atoms with Gasteiger partial charge >= 0.3 is 0 Å².